The monoisotopic (exact) mass is 238 g/mol. The topological polar surface area (TPSA) is 0 Å². The van der Waals surface area contributed by atoms with Crippen LogP contribution in [0.4, 0.5) is 0 Å². The smallest absolute Gasteiger partial charge is 0.0184 e. The summed E-state index contributed by atoms with van der Waals surface area (Å²) in [6, 6.07) is 17.9. The van der Waals surface area contributed by atoms with E-state index in [1.165, 1.54) is 28.7 Å². The maximum Gasteiger partial charge on any atom is -0.0184 e. The van der Waals surface area contributed by atoms with Crippen LogP contribution in [-0.2, 0) is 6.42 Å². The lowest BCUT2D eigenvalue weighted by molar-refractivity contribution is 0.734. The second-order valence-electron chi connectivity index (χ2n) is 4.98. The Labute approximate surface area is 111 Å². The van der Waals surface area contributed by atoms with Gasteiger partial charge in [0.1, 0.15) is 0 Å². The molecule has 0 aliphatic heterocycles. The van der Waals surface area contributed by atoms with E-state index in [1.54, 1.807) is 0 Å². The molecule has 0 nitrogen and oxygen atoms in total. The van der Waals surface area contributed by atoms with E-state index in [9.17, 15) is 0 Å². The molecule has 18 heavy (non-hydrogen) atoms. The molecule has 0 saturated carbocycles. The van der Waals surface area contributed by atoms with Crippen molar-refractivity contribution in [1.82, 2.24) is 0 Å². The molecule has 0 amide bonds. The molecule has 0 fully saturated rings. The number of aryl methyl sites for hydroxylation is 1. The summed E-state index contributed by atoms with van der Waals surface area (Å²) in [5, 5.41) is 0. The fourth-order valence-corrected chi connectivity index (χ4v) is 2.17. The van der Waals surface area contributed by atoms with Crippen molar-refractivity contribution in [1.29, 1.82) is 0 Å². The van der Waals surface area contributed by atoms with Gasteiger partial charge in [0, 0.05) is 0 Å². The third kappa shape index (κ3) is 2.81. The van der Waals surface area contributed by atoms with Gasteiger partial charge in [-0.1, -0.05) is 69.3 Å². The average molecular weight is 238 g/mol. The molecule has 1 unspecified atom stereocenters. The Kier molecular flexibility index (Phi) is 4.19. The first-order chi connectivity index (χ1) is 8.74. The predicted molar refractivity (Wildman–Crippen MR) is 80.0 cm³/mol. The summed E-state index contributed by atoms with van der Waals surface area (Å²) in [6.45, 7) is 6.71. The Balaban J connectivity index is 2.22. The van der Waals surface area contributed by atoms with Crippen LogP contribution in [0.2, 0.25) is 0 Å². The second-order valence-corrected chi connectivity index (χ2v) is 4.98. The Morgan fingerprint density at radius 1 is 0.778 bits per heavy atom. The quantitative estimate of drug-likeness (QED) is 0.666. The molecule has 0 aliphatic carbocycles. The van der Waals surface area contributed by atoms with Crippen molar-refractivity contribution in [2.45, 2.75) is 39.5 Å². The first-order valence-corrected chi connectivity index (χ1v) is 6.93. The highest BCUT2D eigenvalue weighted by Gasteiger charge is 2.03. The summed E-state index contributed by atoms with van der Waals surface area (Å²) < 4.78 is 0. The highest BCUT2D eigenvalue weighted by Crippen LogP contribution is 2.24. The van der Waals surface area contributed by atoms with Crippen LogP contribution < -0.4 is 0 Å². The molecule has 0 saturated heterocycles. The largest absolute Gasteiger partial charge is 0.0648 e. The highest BCUT2D eigenvalue weighted by molar-refractivity contribution is 5.64. The van der Waals surface area contributed by atoms with E-state index < -0.39 is 0 Å². The van der Waals surface area contributed by atoms with Crippen LogP contribution in [-0.4, -0.2) is 0 Å². The summed E-state index contributed by atoms with van der Waals surface area (Å²) in [7, 11) is 0. The van der Waals surface area contributed by atoms with Crippen molar-refractivity contribution in [2.75, 3.05) is 0 Å². The zero-order valence-corrected chi connectivity index (χ0v) is 11.6. The van der Waals surface area contributed by atoms with Gasteiger partial charge in [-0.15, -0.1) is 0 Å². The first kappa shape index (κ1) is 12.9. The van der Waals surface area contributed by atoms with Crippen molar-refractivity contribution < 1.29 is 0 Å². The molecular weight excluding hydrogens is 216 g/mol. The molecule has 0 bridgehead atoms. The normalized spacial score (nSPS) is 12.4. The molecule has 0 aromatic heterocycles. The van der Waals surface area contributed by atoms with Gasteiger partial charge in [0.25, 0.3) is 0 Å². The van der Waals surface area contributed by atoms with Crippen LogP contribution in [0, 0.1) is 0 Å². The Morgan fingerprint density at radius 3 is 1.72 bits per heavy atom. The standard InChI is InChI=1S/C18H22/c1-4-14(3)16-10-12-18(13-11-16)17-8-6-15(5-2)7-9-17/h6-14H,4-5H2,1-3H3. The molecule has 2 aromatic rings. The van der Waals surface area contributed by atoms with Gasteiger partial charge in [-0.05, 0) is 41.0 Å². The first-order valence-electron chi connectivity index (χ1n) is 6.93. The van der Waals surface area contributed by atoms with E-state index in [-0.39, 0.29) is 0 Å². The van der Waals surface area contributed by atoms with E-state index >= 15 is 0 Å². The van der Waals surface area contributed by atoms with Crippen LogP contribution >= 0.6 is 0 Å². The Bertz CT molecular complexity index is 476. The lowest BCUT2D eigenvalue weighted by atomic mass is 9.95. The average Bonchev–Trinajstić information content (AvgIpc) is 2.47. The number of hydrogen-bond donors (Lipinski definition) is 0. The number of rotatable bonds is 4. The highest BCUT2D eigenvalue weighted by atomic mass is 14.1. The summed E-state index contributed by atoms with van der Waals surface area (Å²) in [5.41, 5.74) is 5.45. The third-order valence-corrected chi connectivity index (χ3v) is 3.79. The van der Waals surface area contributed by atoms with Crippen LogP contribution in [0.1, 0.15) is 44.2 Å². The van der Waals surface area contributed by atoms with Gasteiger partial charge in [0.15, 0.2) is 0 Å². The molecule has 0 radical (unpaired) electrons. The summed E-state index contributed by atoms with van der Waals surface area (Å²) in [4.78, 5) is 0. The molecule has 94 valence electrons. The molecule has 2 rings (SSSR count). The van der Waals surface area contributed by atoms with E-state index in [4.69, 9.17) is 0 Å². The molecule has 0 heterocycles. The fraction of sp³-hybridized carbons (Fsp3) is 0.333. The number of benzene rings is 2. The minimum atomic E-state index is 0.654. The van der Waals surface area contributed by atoms with Crippen molar-refractivity contribution in [3.8, 4) is 11.1 Å². The van der Waals surface area contributed by atoms with E-state index in [1.807, 2.05) is 0 Å². The maximum atomic E-state index is 2.28. The zero-order valence-electron chi connectivity index (χ0n) is 11.6. The minimum Gasteiger partial charge on any atom is -0.0648 e. The molecule has 0 spiro atoms. The molecule has 0 N–H and O–H groups in total. The van der Waals surface area contributed by atoms with Crippen molar-refractivity contribution in [3.05, 3.63) is 59.7 Å². The van der Waals surface area contributed by atoms with Gasteiger partial charge in [-0.3, -0.25) is 0 Å². The van der Waals surface area contributed by atoms with Gasteiger partial charge in [-0.2, -0.15) is 0 Å². The maximum absolute atomic E-state index is 2.28. The molecule has 0 aliphatic rings. The summed E-state index contributed by atoms with van der Waals surface area (Å²) >= 11 is 0. The second kappa shape index (κ2) is 5.86. The van der Waals surface area contributed by atoms with Gasteiger partial charge in [0.2, 0.25) is 0 Å². The van der Waals surface area contributed by atoms with Crippen molar-refractivity contribution >= 4 is 0 Å². The van der Waals surface area contributed by atoms with Crippen molar-refractivity contribution in [2.24, 2.45) is 0 Å². The lowest BCUT2D eigenvalue weighted by Gasteiger charge is -2.10. The van der Waals surface area contributed by atoms with Crippen LogP contribution in [0.3, 0.4) is 0 Å². The SMILES string of the molecule is CCc1ccc(-c2ccc(C(C)CC)cc2)cc1. The van der Waals surface area contributed by atoms with E-state index in [0.717, 1.165) is 6.42 Å². The van der Waals surface area contributed by atoms with Gasteiger partial charge in [0.05, 0.1) is 0 Å². The Morgan fingerprint density at radius 2 is 1.28 bits per heavy atom. The Hall–Kier alpha value is -1.56. The van der Waals surface area contributed by atoms with Crippen LogP contribution in [0.5, 0.6) is 0 Å². The van der Waals surface area contributed by atoms with Crippen LogP contribution in [0.25, 0.3) is 11.1 Å². The summed E-state index contributed by atoms with van der Waals surface area (Å²) in [5.74, 6) is 0.654. The molecular formula is C18H22. The fourth-order valence-electron chi connectivity index (χ4n) is 2.17. The van der Waals surface area contributed by atoms with E-state index in [0.29, 0.717) is 5.92 Å². The third-order valence-electron chi connectivity index (χ3n) is 3.79. The van der Waals surface area contributed by atoms with Crippen LogP contribution in [0.15, 0.2) is 48.5 Å². The summed E-state index contributed by atoms with van der Waals surface area (Å²) in [6.07, 6.45) is 2.30. The van der Waals surface area contributed by atoms with Gasteiger partial charge in [-0.25, -0.2) is 0 Å². The predicted octanol–water partition coefficient (Wildman–Crippen LogP) is 5.43. The van der Waals surface area contributed by atoms with Gasteiger partial charge >= 0.3 is 0 Å². The lowest BCUT2D eigenvalue weighted by Crippen LogP contribution is -1.90. The van der Waals surface area contributed by atoms with E-state index in [2.05, 4.69) is 69.3 Å². The number of hydrogen-bond acceptors (Lipinski definition) is 0. The molecule has 1 atom stereocenters. The molecule has 0 heteroatoms. The molecule has 2 aromatic carbocycles. The zero-order chi connectivity index (χ0) is 13.0. The minimum absolute atomic E-state index is 0.654. The van der Waals surface area contributed by atoms with Crippen molar-refractivity contribution in [3.63, 3.8) is 0 Å². The van der Waals surface area contributed by atoms with Gasteiger partial charge < -0.3 is 0 Å².